The van der Waals surface area contributed by atoms with Gasteiger partial charge in [-0.2, -0.15) is 11.3 Å². The van der Waals surface area contributed by atoms with Gasteiger partial charge < -0.3 is 4.74 Å². The second-order valence-electron chi connectivity index (χ2n) is 5.05. The highest BCUT2D eigenvalue weighted by molar-refractivity contribution is 7.90. The van der Waals surface area contributed by atoms with Crippen molar-refractivity contribution in [2.45, 2.75) is 38.0 Å². The van der Waals surface area contributed by atoms with Crippen LogP contribution in [0, 0.1) is 12.8 Å². The standard InChI is InChI=1S/C13H19NO4S2/c1-9-7-19-8-10(9)6-14-20(16,17)12-5-3-4-11(12)13(15)18-2/h7-8,11-12,14H,3-6H2,1-2H3. The zero-order valence-corrected chi connectivity index (χ0v) is 13.2. The molecule has 0 aliphatic heterocycles. The lowest BCUT2D eigenvalue weighted by Crippen LogP contribution is -2.39. The van der Waals surface area contributed by atoms with Gasteiger partial charge in [-0.25, -0.2) is 13.1 Å². The average Bonchev–Trinajstić information content (AvgIpc) is 3.04. The first-order valence-corrected chi connectivity index (χ1v) is 9.02. The lowest BCUT2D eigenvalue weighted by atomic mass is 10.1. The first-order valence-electron chi connectivity index (χ1n) is 6.53. The maximum Gasteiger partial charge on any atom is 0.310 e. The highest BCUT2D eigenvalue weighted by Crippen LogP contribution is 2.31. The third kappa shape index (κ3) is 3.21. The number of rotatable bonds is 5. The lowest BCUT2D eigenvalue weighted by Gasteiger charge is -2.18. The number of hydrogen-bond donors (Lipinski definition) is 1. The Balaban J connectivity index is 2.06. The second-order valence-corrected chi connectivity index (χ2v) is 7.77. The molecule has 2 unspecified atom stereocenters. The fourth-order valence-corrected chi connectivity index (χ4v) is 5.16. The summed E-state index contributed by atoms with van der Waals surface area (Å²) in [7, 11) is -2.21. The Bertz CT molecular complexity index is 579. The third-order valence-electron chi connectivity index (χ3n) is 3.78. The molecule has 2 atom stereocenters. The van der Waals surface area contributed by atoms with Crippen molar-refractivity contribution in [1.29, 1.82) is 0 Å². The maximum atomic E-state index is 12.4. The van der Waals surface area contributed by atoms with Gasteiger partial charge in [0.1, 0.15) is 0 Å². The molecule has 0 aromatic carbocycles. The summed E-state index contributed by atoms with van der Waals surface area (Å²) in [5.74, 6) is -0.967. The van der Waals surface area contributed by atoms with E-state index in [4.69, 9.17) is 4.74 Å². The molecule has 20 heavy (non-hydrogen) atoms. The summed E-state index contributed by atoms with van der Waals surface area (Å²) >= 11 is 1.55. The summed E-state index contributed by atoms with van der Waals surface area (Å²) in [6, 6.07) is 0. The van der Waals surface area contributed by atoms with Gasteiger partial charge in [-0.3, -0.25) is 4.79 Å². The van der Waals surface area contributed by atoms with E-state index in [0.29, 0.717) is 12.8 Å². The predicted molar refractivity (Wildman–Crippen MR) is 78.0 cm³/mol. The number of sulfonamides is 1. The normalized spacial score (nSPS) is 22.9. The SMILES string of the molecule is COC(=O)C1CCCC1S(=O)(=O)NCc1cscc1C. The molecule has 1 saturated carbocycles. The van der Waals surface area contributed by atoms with Crippen molar-refractivity contribution in [1.82, 2.24) is 4.72 Å². The topological polar surface area (TPSA) is 72.5 Å². The van der Waals surface area contributed by atoms with Crippen LogP contribution in [0.15, 0.2) is 10.8 Å². The van der Waals surface area contributed by atoms with Crippen molar-refractivity contribution in [3.63, 3.8) is 0 Å². The first kappa shape index (κ1) is 15.5. The highest BCUT2D eigenvalue weighted by Gasteiger charge is 2.42. The van der Waals surface area contributed by atoms with Crippen LogP contribution >= 0.6 is 11.3 Å². The molecule has 0 amide bonds. The van der Waals surface area contributed by atoms with Gasteiger partial charge in [-0.05, 0) is 41.7 Å². The van der Waals surface area contributed by atoms with Gasteiger partial charge >= 0.3 is 5.97 Å². The summed E-state index contributed by atoms with van der Waals surface area (Å²) in [6.45, 7) is 2.23. The van der Waals surface area contributed by atoms with Crippen LogP contribution < -0.4 is 4.72 Å². The number of aryl methyl sites for hydroxylation is 1. The van der Waals surface area contributed by atoms with E-state index in [1.807, 2.05) is 17.7 Å². The summed E-state index contributed by atoms with van der Waals surface area (Å²) in [6.07, 6.45) is 1.83. The van der Waals surface area contributed by atoms with Crippen molar-refractivity contribution in [2.24, 2.45) is 5.92 Å². The van der Waals surface area contributed by atoms with Crippen molar-refractivity contribution in [3.05, 3.63) is 21.9 Å². The Morgan fingerprint density at radius 3 is 2.80 bits per heavy atom. The Kier molecular flexibility index (Phi) is 4.82. The Morgan fingerprint density at radius 1 is 1.45 bits per heavy atom. The molecule has 1 aliphatic rings. The van der Waals surface area contributed by atoms with E-state index in [1.54, 1.807) is 11.3 Å². The summed E-state index contributed by atoms with van der Waals surface area (Å²) < 4.78 is 32.0. The number of carbonyl (C=O) groups excluding carboxylic acids is 1. The van der Waals surface area contributed by atoms with Crippen molar-refractivity contribution in [3.8, 4) is 0 Å². The van der Waals surface area contributed by atoms with Gasteiger partial charge in [0.15, 0.2) is 0 Å². The number of hydrogen-bond acceptors (Lipinski definition) is 5. The van der Waals surface area contributed by atoms with E-state index < -0.39 is 27.2 Å². The zero-order valence-electron chi connectivity index (χ0n) is 11.6. The molecule has 2 rings (SSSR count). The molecule has 5 nitrogen and oxygen atoms in total. The Labute approximate surface area is 123 Å². The number of methoxy groups -OCH3 is 1. The van der Waals surface area contributed by atoms with E-state index in [-0.39, 0.29) is 6.54 Å². The van der Waals surface area contributed by atoms with E-state index in [0.717, 1.165) is 17.5 Å². The largest absolute Gasteiger partial charge is 0.469 e. The van der Waals surface area contributed by atoms with Gasteiger partial charge in [-0.15, -0.1) is 0 Å². The number of carbonyl (C=O) groups is 1. The van der Waals surface area contributed by atoms with Crippen LogP contribution in [-0.4, -0.2) is 26.7 Å². The number of esters is 1. The van der Waals surface area contributed by atoms with E-state index in [1.165, 1.54) is 7.11 Å². The smallest absolute Gasteiger partial charge is 0.310 e. The molecule has 1 aromatic heterocycles. The van der Waals surface area contributed by atoms with Crippen LogP contribution in [0.5, 0.6) is 0 Å². The quantitative estimate of drug-likeness (QED) is 0.841. The Hall–Kier alpha value is -0.920. The number of nitrogens with one attached hydrogen (secondary N) is 1. The van der Waals surface area contributed by atoms with Crippen molar-refractivity contribution >= 4 is 27.3 Å². The molecule has 1 fully saturated rings. The molecule has 0 spiro atoms. The molecule has 112 valence electrons. The van der Waals surface area contributed by atoms with Gasteiger partial charge in [-0.1, -0.05) is 6.42 Å². The number of ether oxygens (including phenoxy) is 1. The van der Waals surface area contributed by atoms with E-state index >= 15 is 0 Å². The van der Waals surface area contributed by atoms with Crippen LogP contribution in [0.3, 0.4) is 0 Å². The Morgan fingerprint density at radius 2 is 2.20 bits per heavy atom. The monoisotopic (exact) mass is 317 g/mol. The van der Waals surface area contributed by atoms with Gasteiger partial charge in [0.05, 0.1) is 18.3 Å². The van der Waals surface area contributed by atoms with E-state index in [9.17, 15) is 13.2 Å². The van der Waals surface area contributed by atoms with Gasteiger partial charge in [0.25, 0.3) is 0 Å². The molecule has 0 saturated heterocycles. The lowest BCUT2D eigenvalue weighted by molar-refractivity contribution is -0.145. The molecule has 7 heteroatoms. The van der Waals surface area contributed by atoms with Crippen LogP contribution in [-0.2, 0) is 26.1 Å². The van der Waals surface area contributed by atoms with Crippen LogP contribution in [0.1, 0.15) is 30.4 Å². The van der Waals surface area contributed by atoms with Crippen LogP contribution in [0.4, 0.5) is 0 Å². The van der Waals surface area contributed by atoms with Crippen LogP contribution in [0.2, 0.25) is 0 Å². The molecule has 0 radical (unpaired) electrons. The summed E-state index contributed by atoms with van der Waals surface area (Å²) in [5, 5.41) is 3.25. The second kappa shape index (κ2) is 6.24. The summed E-state index contributed by atoms with van der Waals surface area (Å²) in [5.41, 5.74) is 2.06. The molecular weight excluding hydrogens is 298 g/mol. The molecule has 1 aromatic rings. The fourth-order valence-electron chi connectivity index (χ4n) is 2.57. The highest BCUT2D eigenvalue weighted by atomic mass is 32.2. The predicted octanol–water partition coefficient (Wildman–Crippen LogP) is 1.82. The zero-order chi connectivity index (χ0) is 14.8. The van der Waals surface area contributed by atoms with Crippen LogP contribution in [0.25, 0.3) is 0 Å². The maximum absolute atomic E-state index is 12.4. The van der Waals surface area contributed by atoms with Gasteiger partial charge in [0.2, 0.25) is 10.0 Å². The molecule has 0 bridgehead atoms. The minimum Gasteiger partial charge on any atom is -0.469 e. The van der Waals surface area contributed by atoms with Crippen molar-refractivity contribution in [2.75, 3.05) is 7.11 Å². The average molecular weight is 317 g/mol. The minimum atomic E-state index is -3.50. The third-order valence-corrected chi connectivity index (χ3v) is 6.60. The van der Waals surface area contributed by atoms with Crippen molar-refractivity contribution < 1.29 is 17.9 Å². The molecule has 1 heterocycles. The molecule has 1 N–H and O–H groups in total. The number of thiophene rings is 1. The van der Waals surface area contributed by atoms with E-state index in [2.05, 4.69) is 4.72 Å². The molecular formula is C13H19NO4S2. The fraction of sp³-hybridized carbons (Fsp3) is 0.615. The first-order chi connectivity index (χ1) is 9.45. The minimum absolute atomic E-state index is 0.280. The summed E-state index contributed by atoms with van der Waals surface area (Å²) in [4.78, 5) is 11.6. The molecule has 1 aliphatic carbocycles. The van der Waals surface area contributed by atoms with Gasteiger partial charge in [0, 0.05) is 6.54 Å².